The third kappa shape index (κ3) is 2.39. The van der Waals surface area contributed by atoms with Crippen LogP contribution in [0.4, 0.5) is 5.82 Å². The van der Waals surface area contributed by atoms with Crippen LogP contribution in [-0.4, -0.2) is 26.8 Å². The summed E-state index contributed by atoms with van der Waals surface area (Å²) in [7, 11) is 1.81. The first kappa shape index (κ1) is 11.9. The van der Waals surface area contributed by atoms with Crippen LogP contribution in [-0.2, 0) is 6.54 Å². The van der Waals surface area contributed by atoms with Gasteiger partial charge in [0, 0.05) is 7.05 Å². The number of anilines is 1. The van der Waals surface area contributed by atoms with E-state index in [1.54, 1.807) is 12.4 Å². The summed E-state index contributed by atoms with van der Waals surface area (Å²) in [5.74, 6) is 0.750. The maximum atomic E-state index is 6.08. The summed E-state index contributed by atoms with van der Waals surface area (Å²) in [5.41, 5.74) is 2.64. The highest BCUT2D eigenvalue weighted by Crippen LogP contribution is 2.19. The van der Waals surface area contributed by atoms with E-state index in [-0.39, 0.29) is 0 Å². The molecule has 5 nitrogen and oxygen atoms in total. The van der Waals surface area contributed by atoms with Crippen LogP contribution in [0, 0.1) is 13.8 Å². The highest BCUT2D eigenvalue weighted by Gasteiger charge is 2.09. The number of aryl methyl sites for hydroxylation is 1. The zero-order chi connectivity index (χ0) is 12.4. The average Bonchev–Trinajstić information content (AvgIpc) is 2.58. The Labute approximate surface area is 105 Å². The van der Waals surface area contributed by atoms with Gasteiger partial charge in [-0.2, -0.15) is 5.10 Å². The van der Waals surface area contributed by atoms with Crippen molar-refractivity contribution < 1.29 is 0 Å². The molecule has 0 aromatic carbocycles. The van der Waals surface area contributed by atoms with E-state index < -0.39 is 0 Å². The maximum Gasteiger partial charge on any atom is 0.144 e. The average molecular weight is 252 g/mol. The van der Waals surface area contributed by atoms with Gasteiger partial charge < -0.3 is 5.32 Å². The number of hydrogen-bond donors (Lipinski definition) is 1. The van der Waals surface area contributed by atoms with Crippen LogP contribution >= 0.6 is 11.6 Å². The second-order valence-corrected chi connectivity index (χ2v) is 4.16. The summed E-state index contributed by atoms with van der Waals surface area (Å²) in [6, 6.07) is 0. The fraction of sp³-hybridized carbons (Fsp3) is 0.364. The molecule has 0 saturated heterocycles. The smallest absolute Gasteiger partial charge is 0.144 e. The fourth-order valence-electron chi connectivity index (χ4n) is 1.55. The van der Waals surface area contributed by atoms with Gasteiger partial charge in [-0.15, -0.1) is 0 Å². The van der Waals surface area contributed by atoms with Crippen molar-refractivity contribution in [1.82, 2.24) is 19.7 Å². The summed E-state index contributed by atoms with van der Waals surface area (Å²) in [5, 5.41) is 7.99. The summed E-state index contributed by atoms with van der Waals surface area (Å²) in [6.45, 7) is 4.41. The maximum absolute atomic E-state index is 6.08. The lowest BCUT2D eigenvalue weighted by Crippen LogP contribution is -2.06. The quantitative estimate of drug-likeness (QED) is 0.907. The molecule has 0 radical (unpaired) electrons. The van der Waals surface area contributed by atoms with E-state index in [1.165, 1.54) is 0 Å². The van der Waals surface area contributed by atoms with E-state index >= 15 is 0 Å². The molecule has 0 amide bonds. The first-order chi connectivity index (χ1) is 8.11. The van der Waals surface area contributed by atoms with Gasteiger partial charge in [0.25, 0.3) is 0 Å². The Morgan fingerprint density at radius 3 is 2.53 bits per heavy atom. The van der Waals surface area contributed by atoms with Crippen molar-refractivity contribution in [3.8, 4) is 0 Å². The fourth-order valence-corrected chi connectivity index (χ4v) is 1.68. The minimum atomic E-state index is 0.580. The molecule has 2 heterocycles. The normalized spacial score (nSPS) is 10.6. The molecular weight excluding hydrogens is 238 g/mol. The van der Waals surface area contributed by atoms with Gasteiger partial charge in [-0.3, -0.25) is 9.67 Å². The molecular formula is C11H14ClN5. The lowest BCUT2D eigenvalue weighted by molar-refractivity contribution is 0.645. The number of nitrogens with zero attached hydrogens (tertiary/aromatic N) is 4. The summed E-state index contributed by atoms with van der Waals surface area (Å²) < 4.78 is 1.83. The zero-order valence-electron chi connectivity index (χ0n) is 10.0. The molecule has 1 N–H and O–H groups in total. The number of hydrogen-bond acceptors (Lipinski definition) is 4. The molecule has 2 aromatic heterocycles. The molecule has 0 atom stereocenters. The molecule has 2 aromatic rings. The largest absolute Gasteiger partial charge is 0.372 e. The van der Waals surface area contributed by atoms with Gasteiger partial charge in [0.2, 0.25) is 0 Å². The van der Waals surface area contributed by atoms with E-state index in [4.69, 9.17) is 11.6 Å². The molecule has 6 heteroatoms. The predicted molar refractivity (Wildman–Crippen MR) is 67.4 cm³/mol. The predicted octanol–water partition coefficient (Wildman–Crippen LogP) is 2.03. The molecule has 0 fully saturated rings. The van der Waals surface area contributed by atoms with Crippen molar-refractivity contribution in [3.05, 3.63) is 34.5 Å². The van der Waals surface area contributed by atoms with Crippen molar-refractivity contribution in [2.45, 2.75) is 20.4 Å². The molecule has 0 aliphatic rings. The van der Waals surface area contributed by atoms with Crippen LogP contribution in [0.1, 0.15) is 17.1 Å². The van der Waals surface area contributed by atoms with Crippen molar-refractivity contribution in [2.75, 3.05) is 12.4 Å². The molecule has 0 unspecified atom stereocenters. The van der Waals surface area contributed by atoms with Gasteiger partial charge in [0.1, 0.15) is 5.82 Å². The third-order valence-electron chi connectivity index (χ3n) is 2.57. The SMILES string of the molecule is CNc1cnc(Cn2nc(C)c(Cl)c2C)cn1. The van der Waals surface area contributed by atoms with Gasteiger partial charge in [-0.05, 0) is 13.8 Å². The highest BCUT2D eigenvalue weighted by molar-refractivity contribution is 6.31. The Morgan fingerprint density at radius 1 is 1.29 bits per heavy atom. The van der Waals surface area contributed by atoms with Crippen LogP contribution in [0.3, 0.4) is 0 Å². The molecule has 2 rings (SSSR count). The zero-order valence-corrected chi connectivity index (χ0v) is 10.8. The first-order valence-electron chi connectivity index (χ1n) is 5.30. The molecule has 0 bridgehead atoms. The molecule has 17 heavy (non-hydrogen) atoms. The van der Waals surface area contributed by atoms with E-state index in [0.29, 0.717) is 11.6 Å². The van der Waals surface area contributed by atoms with Crippen molar-refractivity contribution in [3.63, 3.8) is 0 Å². The van der Waals surface area contributed by atoms with Crippen molar-refractivity contribution >= 4 is 17.4 Å². The number of rotatable bonds is 3. The Balaban J connectivity index is 2.22. The van der Waals surface area contributed by atoms with Gasteiger partial charge in [0.05, 0.1) is 41.0 Å². The second-order valence-electron chi connectivity index (χ2n) is 3.79. The topological polar surface area (TPSA) is 55.6 Å². The minimum absolute atomic E-state index is 0.580. The van der Waals surface area contributed by atoms with E-state index in [9.17, 15) is 0 Å². The molecule has 90 valence electrons. The summed E-state index contributed by atoms with van der Waals surface area (Å²) in [6.07, 6.45) is 3.43. The van der Waals surface area contributed by atoms with Crippen molar-refractivity contribution in [2.24, 2.45) is 0 Å². The standard InChI is InChI=1S/C11H14ClN5/c1-7-11(12)8(2)17(16-7)6-9-4-15-10(13-3)5-14-9/h4-5H,6H2,1-3H3,(H,13,15). The van der Waals surface area contributed by atoms with Crippen LogP contribution in [0.5, 0.6) is 0 Å². The Morgan fingerprint density at radius 2 is 2.06 bits per heavy atom. The number of aromatic nitrogens is 4. The highest BCUT2D eigenvalue weighted by atomic mass is 35.5. The second kappa shape index (κ2) is 4.71. The molecule has 0 spiro atoms. The monoisotopic (exact) mass is 251 g/mol. The van der Waals surface area contributed by atoms with Gasteiger partial charge in [0.15, 0.2) is 0 Å². The van der Waals surface area contributed by atoms with Gasteiger partial charge in [-0.1, -0.05) is 11.6 Å². The Kier molecular flexibility index (Phi) is 3.28. The molecule has 0 aliphatic heterocycles. The molecule has 0 saturated carbocycles. The summed E-state index contributed by atoms with van der Waals surface area (Å²) in [4.78, 5) is 8.50. The Hall–Kier alpha value is -1.62. The number of nitrogens with one attached hydrogen (secondary N) is 1. The summed E-state index contributed by atoms with van der Waals surface area (Å²) >= 11 is 6.08. The van der Waals surface area contributed by atoms with Gasteiger partial charge in [-0.25, -0.2) is 4.98 Å². The third-order valence-corrected chi connectivity index (χ3v) is 3.11. The number of halogens is 1. The Bertz CT molecular complexity index is 517. The van der Waals surface area contributed by atoms with Crippen LogP contribution in [0.2, 0.25) is 5.02 Å². The van der Waals surface area contributed by atoms with Gasteiger partial charge >= 0.3 is 0 Å². The lowest BCUT2D eigenvalue weighted by atomic mass is 10.4. The van der Waals surface area contributed by atoms with Crippen molar-refractivity contribution in [1.29, 1.82) is 0 Å². The van der Waals surface area contributed by atoms with Crippen LogP contribution < -0.4 is 5.32 Å². The van der Waals surface area contributed by atoms with Crippen LogP contribution in [0.15, 0.2) is 12.4 Å². The first-order valence-corrected chi connectivity index (χ1v) is 5.67. The van der Waals surface area contributed by atoms with E-state index in [1.807, 2.05) is 25.6 Å². The molecule has 0 aliphatic carbocycles. The minimum Gasteiger partial charge on any atom is -0.372 e. The van der Waals surface area contributed by atoms with Crippen LogP contribution in [0.25, 0.3) is 0 Å². The van der Waals surface area contributed by atoms with E-state index in [2.05, 4.69) is 20.4 Å². The lowest BCUT2D eigenvalue weighted by Gasteiger charge is -2.04. The van der Waals surface area contributed by atoms with E-state index in [0.717, 1.165) is 22.9 Å².